The molecule has 2 rings (SSSR count). The predicted octanol–water partition coefficient (Wildman–Crippen LogP) is 5.99. The van der Waals surface area contributed by atoms with E-state index in [1.54, 1.807) is 0 Å². The van der Waals surface area contributed by atoms with E-state index in [2.05, 4.69) is 15.9 Å². The molecule has 0 fully saturated rings. The summed E-state index contributed by atoms with van der Waals surface area (Å²) in [6, 6.07) is 12.7. The number of halogens is 5. The van der Waals surface area contributed by atoms with Crippen LogP contribution in [0.5, 0.6) is 0 Å². The molecule has 106 valence electrons. The van der Waals surface area contributed by atoms with Crippen LogP contribution in [0.15, 0.2) is 53.0 Å². The van der Waals surface area contributed by atoms with Gasteiger partial charge in [-0.15, -0.1) is 11.6 Å². The van der Waals surface area contributed by atoms with Gasteiger partial charge in [0.1, 0.15) is 0 Å². The average Bonchev–Trinajstić information content (AvgIpc) is 2.38. The maximum Gasteiger partial charge on any atom is 0.416 e. The summed E-state index contributed by atoms with van der Waals surface area (Å²) in [5.41, 5.74) is 1.06. The van der Waals surface area contributed by atoms with Gasteiger partial charge in [0.15, 0.2) is 0 Å². The maximum atomic E-state index is 12.5. The Morgan fingerprint density at radius 3 is 2.25 bits per heavy atom. The first-order valence-electron chi connectivity index (χ1n) is 5.92. The second-order valence-electron chi connectivity index (χ2n) is 4.42. The second-order valence-corrected chi connectivity index (χ2v) is 5.86. The zero-order valence-corrected chi connectivity index (χ0v) is 12.6. The molecule has 0 radical (unpaired) electrons. The topological polar surface area (TPSA) is 0 Å². The summed E-state index contributed by atoms with van der Waals surface area (Å²) in [5, 5.41) is -0.274. The van der Waals surface area contributed by atoms with Gasteiger partial charge in [-0.25, -0.2) is 0 Å². The number of hydrogen-bond acceptors (Lipinski definition) is 0. The summed E-state index contributed by atoms with van der Waals surface area (Å²) in [5.74, 6) is 0. The SMILES string of the molecule is FC(F)(F)c1ccc(CC(Cl)c2cccc(Br)c2)cc1. The monoisotopic (exact) mass is 362 g/mol. The van der Waals surface area contributed by atoms with Gasteiger partial charge in [0.25, 0.3) is 0 Å². The fraction of sp³-hybridized carbons (Fsp3) is 0.200. The average molecular weight is 364 g/mol. The van der Waals surface area contributed by atoms with Crippen molar-refractivity contribution in [2.24, 2.45) is 0 Å². The second kappa shape index (κ2) is 6.19. The van der Waals surface area contributed by atoms with Crippen LogP contribution in [0.2, 0.25) is 0 Å². The summed E-state index contributed by atoms with van der Waals surface area (Å²) in [7, 11) is 0. The normalized spacial score (nSPS) is 13.2. The van der Waals surface area contributed by atoms with Crippen molar-refractivity contribution >= 4 is 27.5 Å². The molecule has 0 aromatic heterocycles. The van der Waals surface area contributed by atoms with Gasteiger partial charge in [-0.2, -0.15) is 13.2 Å². The van der Waals surface area contributed by atoms with Gasteiger partial charge >= 0.3 is 6.18 Å². The summed E-state index contributed by atoms with van der Waals surface area (Å²) >= 11 is 9.66. The fourth-order valence-corrected chi connectivity index (χ4v) is 2.59. The number of alkyl halides is 4. The smallest absolute Gasteiger partial charge is 0.166 e. The maximum absolute atomic E-state index is 12.5. The first-order chi connectivity index (χ1) is 9.36. The standard InChI is InChI=1S/C15H11BrClF3/c16-13-3-1-2-11(9-13)14(17)8-10-4-6-12(7-5-10)15(18,19)20/h1-7,9,14H,8H2. The Hall–Kier alpha value is -1.00. The summed E-state index contributed by atoms with van der Waals surface area (Å²) < 4.78 is 38.3. The van der Waals surface area contributed by atoms with Gasteiger partial charge in [0, 0.05) is 4.47 Å². The van der Waals surface area contributed by atoms with Gasteiger partial charge in [-0.1, -0.05) is 40.2 Å². The lowest BCUT2D eigenvalue weighted by Crippen LogP contribution is -2.05. The van der Waals surface area contributed by atoms with E-state index in [0.29, 0.717) is 6.42 Å². The van der Waals surface area contributed by atoms with Crippen LogP contribution in [0.1, 0.15) is 22.1 Å². The van der Waals surface area contributed by atoms with Crippen LogP contribution in [0, 0.1) is 0 Å². The van der Waals surface area contributed by atoms with Crippen LogP contribution >= 0.6 is 27.5 Å². The Balaban J connectivity index is 2.10. The quantitative estimate of drug-likeness (QED) is 0.588. The minimum Gasteiger partial charge on any atom is -0.166 e. The van der Waals surface area contributed by atoms with Crippen LogP contribution < -0.4 is 0 Å². The van der Waals surface area contributed by atoms with Crippen LogP contribution in [-0.4, -0.2) is 0 Å². The van der Waals surface area contributed by atoms with Gasteiger partial charge in [-0.05, 0) is 41.8 Å². The van der Waals surface area contributed by atoms with Crippen molar-refractivity contribution < 1.29 is 13.2 Å². The fourth-order valence-electron chi connectivity index (χ4n) is 1.86. The third kappa shape index (κ3) is 4.00. The predicted molar refractivity (Wildman–Crippen MR) is 77.9 cm³/mol. The van der Waals surface area contributed by atoms with Crippen molar-refractivity contribution in [2.75, 3.05) is 0 Å². The van der Waals surface area contributed by atoms with Crippen LogP contribution in [0.25, 0.3) is 0 Å². The van der Waals surface area contributed by atoms with Crippen molar-refractivity contribution in [1.29, 1.82) is 0 Å². The molecule has 0 aliphatic heterocycles. The van der Waals surface area contributed by atoms with E-state index in [1.807, 2.05) is 24.3 Å². The molecular weight excluding hydrogens is 353 g/mol. The van der Waals surface area contributed by atoms with E-state index < -0.39 is 11.7 Å². The van der Waals surface area contributed by atoms with Crippen molar-refractivity contribution in [3.63, 3.8) is 0 Å². The molecule has 0 spiro atoms. The molecule has 2 aromatic carbocycles. The van der Waals surface area contributed by atoms with Gasteiger partial charge in [0.05, 0.1) is 10.9 Å². The highest BCUT2D eigenvalue weighted by Crippen LogP contribution is 2.31. The van der Waals surface area contributed by atoms with E-state index in [9.17, 15) is 13.2 Å². The van der Waals surface area contributed by atoms with Crippen LogP contribution in [0.3, 0.4) is 0 Å². The van der Waals surface area contributed by atoms with Crippen molar-refractivity contribution in [2.45, 2.75) is 18.0 Å². The molecule has 0 amide bonds. The molecule has 0 aliphatic rings. The summed E-state index contributed by atoms with van der Waals surface area (Å²) in [6.45, 7) is 0. The van der Waals surface area contributed by atoms with E-state index in [0.717, 1.165) is 27.7 Å². The third-order valence-electron chi connectivity index (χ3n) is 2.91. The zero-order chi connectivity index (χ0) is 14.8. The highest BCUT2D eigenvalue weighted by molar-refractivity contribution is 9.10. The Morgan fingerprint density at radius 2 is 1.70 bits per heavy atom. The minimum absolute atomic E-state index is 0.274. The zero-order valence-electron chi connectivity index (χ0n) is 10.3. The Bertz CT molecular complexity index is 578. The van der Waals surface area contributed by atoms with Gasteiger partial charge in [0.2, 0.25) is 0 Å². The third-order valence-corrected chi connectivity index (χ3v) is 3.81. The number of rotatable bonds is 3. The van der Waals surface area contributed by atoms with E-state index >= 15 is 0 Å². The van der Waals surface area contributed by atoms with E-state index in [-0.39, 0.29) is 5.38 Å². The molecule has 1 unspecified atom stereocenters. The highest BCUT2D eigenvalue weighted by atomic mass is 79.9. The lowest BCUT2D eigenvalue weighted by molar-refractivity contribution is -0.137. The molecule has 0 bridgehead atoms. The highest BCUT2D eigenvalue weighted by Gasteiger charge is 2.29. The largest absolute Gasteiger partial charge is 0.416 e. The molecule has 5 heteroatoms. The van der Waals surface area contributed by atoms with Crippen molar-refractivity contribution in [1.82, 2.24) is 0 Å². The molecule has 0 N–H and O–H groups in total. The Labute approximate surface area is 128 Å². The molecule has 0 heterocycles. The van der Waals surface area contributed by atoms with E-state index in [4.69, 9.17) is 11.6 Å². The molecule has 2 aromatic rings. The van der Waals surface area contributed by atoms with Crippen molar-refractivity contribution in [3.8, 4) is 0 Å². The number of hydrogen-bond donors (Lipinski definition) is 0. The van der Waals surface area contributed by atoms with Crippen molar-refractivity contribution in [3.05, 3.63) is 69.7 Å². The molecular formula is C15H11BrClF3. The lowest BCUT2D eigenvalue weighted by Gasteiger charge is -2.12. The molecule has 0 saturated carbocycles. The Morgan fingerprint density at radius 1 is 1.05 bits per heavy atom. The summed E-state index contributed by atoms with van der Waals surface area (Å²) in [4.78, 5) is 0. The minimum atomic E-state index is -4.30. The molecule has 20 heavy (non-hydrogen) atoms. The summed E-state index contributed by atoms with van der Waals surface area (Å²) in [6.07, 6.45) is -3.82. The van der Waals surface area contributed by atoms with Crippen LogP contribution in [-0.2, 0) is 12.6 Å². The lowest BCUT2D eigenvalue weighted by atomic mass is 10.0. The Kier molecular flexibility index (Phi) is 4.76. The van der Waals surface area contributed by atoms with Gasteiger partial charge in [-0.3, -0.25) is 0 Å². The first kappa shape index (κ1) is 15.4. The van der Waals surface area contributed by atoms with Gasteiger partial charge < -0.3 is 0 Å². The van der Waals surface area contributed by atoms with E-state index in [1.165, 1.54) is 12.1 Å². The van der Waals surface area contributed by atoms with Crippen LogP contribution in [0.4, 0.5) is 13.2 Å². The molecule has 0 nitrogen and oxygen atoms in total. The first-order valence-corrected chi connectivity index (χ1v) is 7.15. The molecule has 1 atom stereocenters. The number of benzene rings is 2. The molecule has 0 saturated heterocycles. The molecule has 0 aliphatic carbocycles.